The van der Waals surface area contributed by atoms with Crippen molar-refractivity contribution in [1.82, 2.24) is 35.2 Å². The Labute approximate surface area is 179 Å². The van der Waals surface area contributed by atoms with Crippen molar-refractivity contribution >= 4 is 11.2 Å². The summed E-state index contributed by atoms with van der Waals surface area (Å²) in [6.45, 7) is 2.81. The molecule has 0 bridgehead atoms. The molecule has 0 aliphatic heterocycles. The van der Waals surface area contributed by atoms with Crippen LogP contribution in [-0.4, -0.2) is 35.2 Å². The summed E-state index contributed by atoms with van der Waals surface area (Å²) < 4.78 is 2.28. The zero-order chi connectivity index (χ0) is 20.8. The minimum Gasteiger partial charge on any atom is -0.308 e. The van der Waals surface area contributed by atoms with E-state index in [0.717, 1.165) is 44.8 Å². The van der Waals surface area contributed by atoms with Gasteiger partial charge >= 0.3 is 0 Å². The van der Waals surface area contributed by atoms with Crippen LogP contribution in [-0.2, 0) is 6.54 Å². The van der Waals surface area contributed by atoms with E-state index in [4.69, 9.17) is 4.98 Å². The van der Waals surface area contributed by atoms with E-state index in [0.29, 0.717) is 18.3 Å². The van der Waals surface area contributed by atoms with Crippen LogP contribution in [0.15, 0.2) is 60.8 Å². The Morgan fingerprint density at radius 1 is 1.03 bits per heavy atom. The lowest BCUT2D eigenvalue weighted by atomic mass is 9.97. The minimum absolute atomic E-state index is 0.536. The molecule has 3 heterocycles. The van der Waals surface area contributed by atoms with Crippen LogP contribution in [0.2, 0.25) is 0 Å². The molecular weight excluding hydrogens is 386 g/mol. The number of aromatic amines is 1. The number of imidazole rings is 1. The van der Waals surface area contributed by atoms with Gasteiger partial charge in [0.15, 0.2) is 5.65 Å². The van der Waals surface area contributed by atoms with Gasteiger partial charge in [-0.2, -0.15) is 5.21 Å². The highest BCUT2D eigenvalue weighted by atomic mass is 15.5. The van der Waals surface area contributed by atoms with Gasteiger partial charge in [0.1, 0.15) is 11.3 Å². The largest absolute Gasteiger partial charge is 0.308 e. The van der Waals surface area contributed by atoms with E-state index in [2.05, 4.69) is 67.4 Å². The summed E-state index contributed by atoms with van der Waals surface area (Å²) >= 11 is 0. The number of H-pyrrole nitrogens is 1. The van der Waals surface area contributed by atoms with Gasteiger partial charge < -0.3 is 4.57 Å². The van der Waals surface area contributed by atoms with Crippen molar-refractivity contribution in [2.75, 3.05) is 0 Å². The van der Waals surface area contributed by atoms with Crippen LogP contribution in [0.1, 0.15) is 35.7 Å². The van der Waals surface area contributed by atoms with Crippen LogP contribution in [0.4, 0.5) is 0 Å². The van der Waals surface area contributed by atoms with Gasteiger partial charge in [-0.3, -0.25) is 0 Å². The molecule has 1 aliphatic carbocycles. The molecule has 1 saturated carbocycles. The van der Waals surface area contributed by atoms with E-state index in [-0.39, 0.29) is 0 Å². The second-order valence-electron chi connectivity index (χ2n) is 8.11. The van der Waals surface area contributed by atoms with Crippen molar-refractivity contribution in [3.05, 3.63) is 77.7 Å². The first-order valence-electron chi connectivity index (χ1n) is 10.5. The fourth-order valence-corrected chi connectivity index (χ4v) is 4.17. The number of aromatic nitrogens is 7. The SMILES string of the molecule is Cc1ccnc2c1nc(C1CC1)n2Cc1ccc(-c2ccccc2)c(-c2nn[nH]n2)c1. The van der Waals surface area contributed by atoms with Crippen molar-refractivity contribution in [3.63, 3.8) is 0 Å². The van der Waals surface area contributed by atoms with Gasteiger partial charge in [-0.15, -0.1) is 10.2 Å². The van der Waals surface area contributed by atoms with Crippen LogP contribution in [0.5, 0.6) is 0 Å². The Morgan fingerprint density at radius 3 is 2.68 bits per heavy atom. The van der Waals surface area contributed by atoms with E-state index in [1.807, 2.05) is 30.5 Å². The Bertz CT molecular complexity index is 1370. The van der Waals surface area contributed by atoms with E-state index in [9.17, 15) is 0 Å². The van der Waals surface area contributed by atoms with Crippen LogP contribution < -0.4 is 0 Å². The van der Waals surface area contributed by atoms with Crippen LogP contribution >= 0.6 is 0 Å². The molecule has 0 saturated heterocycles. The zero-order valence-corrected chi connectivity index (χ0v) is 17.2. The summed E-state index contributed by atoms with van der Waals surface area (Å²) in [4.78, 5) is 9.64. The highest BCUT2D eigenvalue weighted by molar-refractivity contribution is 5.81. The maximum Gasteiger partial charge on any atom is 0.205 e. The number of nitrogens with zero attached hydrogens (tertiary/aromatic N) is 6. The molecule has 31 heavy (non-hydrogen) atoms. The molecular formula is C24H21N7. The molecule has 3 aromatic heterocycles. The Morgan fingerprint density at radius 2 is 1.90 bits per heavy atom. The predicted molar refractivity (Wildman–Crippen MR) is 118 cm³/mol. The second kappa shape index (κ2) is 7.12. The third-order valence-corrected chi connectivity index (χ3v) is 5.90. The maximum absolute atomic E-state index is 4.97. The summed E-state index contributed by atoms with van der Waals surface area (Å²) in [5.41, 5.74) is 7.44. The van der Waals surface area contributed by atoms with Gasteiger partial charge in [-0.25, -0.2) is 9.97 Å². The van der Waals surface area contributed by atoms with E-state index < -0.39 is 0 Å². The lowest BCUT2D eigenvalue weighted by molar-refractivity contribution is 0.740. The smallest absolute Gasteiger partial charge is 0.205 e. The third kappa shape index (κ3) is 3.18. The first kappa shape index (κ1) is 17.9. The van der Waals surface area contributed by atoms with Gasteiger partial charge in [0.05, 0.1) is 6.54 Å². The number of benzene rings is 2. The van der Waals surface area contributed by atoms with Crippen LogP contribution in [0, 0.1) is 6.92 Å². The Kier molecular flexibility index (Phi) is 4.12. The van der Waals surface area contributed by atoms with E-state index in [1.165, 1.54) is 12.8 Å². The summed E-state index contributed by atoms with van der Waals surface area (Å²) in [6.07, 6.45) is 4.27. The molecule has 1 aliphatic rings. The van der Waals surface area contributed by atoms with E-state index in [1.54, 1.807) is 0 Å². The molecule has 2 aromatic carbocycles. The zero-order valence-electron chi connectivity index (χ0n) is 17.2. The number of tetrazole rings is 1. The molecule has 6 rings (SSSR count). The van der Waals surface area contributed by atoms with Gasteiger partial charge in [-0.05, 0) is 59.4 Å². The Balaban J connectivity index is 1.48. The number of pyridine rings is 1. The van der Waals surface area contributed by atoms with E-state index >= 15 is 0 Å². The molecule has 5 aromatic rings. The van der Waals surface area contributed by atoms with Gasteiger partial charge in [-0.1, -0.05) is 42.5 Å². The molecule has 0 atom stereocenters. The van der Waals surface area contributed by atoms with Crippen molar-refractivity contribution in [2.24, 2.45) is 0 Å². The molecule has 0 spiro atoms. The summed E-state index contributed by atoms with van der Waals surface area (Å²) in [5, 5.41) is 14.9. The predicted octanol–water partition coefficient (Wildman–Crippen LogP) is 4.51. The Hall–Kier alpha value is -3.87. The van der Waals surface area contributed by atoms with Gasteiger partial charge in [0, 0.05) is 17.7 Å². The average Bonchev–Trinajstić information content (AvgIpc) is 3.36. The van der Waals surface area contributed by atoms with Crippen molar-refractivity contribution in [2.45, 2.75) is 32.2 Å². The molecule has 152 valence electrons. The summed E-state index contributed by atoms with van der Waals surface area (Å²) in [6, 6.07) is 18.8. The summed E-state index contributed by atoms with van der Waals surface area (Å²) in [7, 11) is 0. The third-order valence-electron chi connectivity index (χ3n) is 5.90. The van der Waals surface area contributed by atoms with Crippen LogP contribution in [0.25, 0.3) is 33.7 Å². The van der Waals surface area contributed by atoms with Gasteiger partial charge in [0.2, 0.25) is 5.82 Å². The minimum atomic E-state index is 0.536. The molecule has 0 unspecified atom stereocenters. The number of rotatable bonds is 5. The first-order chi connectivity index (χ1) is 15.3. The van der Waals surface area contributed by atoms with Gasteiger partial charge in [0.25, 0.3) is 0 Å². The monoisotopic (exact) mass is 407 g/mol. The second-order valence-corrected chi connectivity index (χ2v) is 8.11. The quantitative estimate of drug-likeness (QED) is 0.463. The fourth-order valence-electron chi connectivity index (χ4n) is 4.17. The highest BCUT2D eigenvalue weighted by Gasteiger charge is 2.30. The normalized spacial score (nSPS) is 13.7. The lowest BCUT2D eigenvalue weighted by Gasteiger charge is -2.12. The summed E-state index contributed by atoms with van der Waals surface area (Å²) in [5.74, 6) is 2.27. The lowest BCUT2D eigenvalue weighted by Crippen LogP contribution is -2.05. The van der Waals surface area contributed by atoms with Crippen LogP contribution in [0.3, 0.4) is 0 Å². The molecule has 1 N–H and O–H groups in total. The van der Waals surface area contributed by atoms with Crippen molar-refractivity contribution in [1.29, 1.82) is 0 Å². The number of hydrogen-bond acceptors (Lipinski definition) is 5. The topological polar surface area (TPSA) is 85.2 Å². The average molecular weight is 407 g/mol. The number of hydrogen-bond donors (Lipinski definition) is 1. The molecule has 7 nitrogen and oxygen atoms in total. The molecule has 0 amide bonds. The van der Waals surface area contributed by atoms with Crippen molar-refractivity contribution in [3.8, 4) is 22.5 Å². The number of nitrogens with one attached hydrogen (secondary N) is 1. The molecule has 0 radical (unpaired) electrons. The molecule has 1 fully saturated rings. The maximum atomic E-state index is 4.97. The number of aryl methyl sites for hydroxylation is 1. The fraction of sp³-hybridized carbons (Fsp3) is 0.208. The first-order valence-corrected chi connectivity index (χ1v) is 10.5. The van der Waals surface area contributed by atoms with Crippen molar-refractivity contribution < 1.29 is 0 Å². The molecule has 7 heteroatoms. The number of fused-ring (bicyclic) bond motifs is 1. The standard InChI is InChI=1S/C24H21N7/c1-15-11-12-25-24-21(15)26-23(18-8-9-18)31(24)14-16-7-10-19(17-5-3-2-4-6-17)20(13-16)22-27-29-30-28-22/h2-7,10-13,18H,8-9,14H2,1H3,(H,27,28,29,30). The highest BCUT2D eigenvalue weighted by Crippen LogP contribution is 2.41.